The van der Waals surface area contributed by atoms with Crippen LogP contribution in [0.3, 0.4) is 0 Å². The number of aromatic nitrogens is 2. The number of hydrogen-bond donors (Lipinski definition) is 1. The summed E-state index contributed by atoms with van der Waals surface area (Å²) in [5.74, 6) is 2.02. The number of hydrogen-bond acceptors (Lipinski definition) is 4. The number of fused-ring (bicyclic) bond motifs is 1. The van der Waals surface area contributed by atoms with Crippen molar-refractivity contribution in [2.45, 2.75) is 33.1 Å². The molecule has 0 radical (unpaired) electrons. The maximum atomic E-state index is 10.7. The molecule has 0 fully saturated rings. The van der Waals surface area contributed by atoms with Gasteiger partial charge in [0.05, 0.1) is 22.6 Å². The summed E-state index contributed by atoms with van der Waals surface area (Å²) < 4.78 is 13.7. The molecule has 0 saturated heterocycles. The number of aliphatic hydroxyl groups is 1. The average Bonchev–Trinajstić information content (AvgIpc) is 3.10. The number of aryl methyl sites for hydroxylation is 2. The summed E-state index contributed by atoms with van der Waals surface area (Å²) in [7, 11) is 0. The van der Waals surface area contributed by atoms with Gasteiger partial charge >= 0.3 is 0 Å². The number of halogens is 2. The summed E-state index contributed by atoms with van der Waals surface area (Å²) in [5, 5.41) is 11.6. The molecular formula is C25H24Cl2N2O3. The zero-order valence-corrected chi connectivity index (χ0v) is 19.4. The first-order valence-electron chi connectivity index (χ1n) is 10.3. The maximum absolute atomic E-state index is 10.7. The number of aliphatic hydroxyl groups excluding tert-OH is 1. The van der Waals surface area contributed by atoms with E-state index < -0.39 is 6.10 Å². The van der Waals surface area contributed by atoms with Crippen molar-refractivity contribution in [2.75, 3.05) is 6.61 Å². The van der Waals surface area contributed by atoms with Gasteiger partial charge in [0.2, 0.25) is 0 Å². The van der Waals surface area contributed by atoms with Crippen LogP contribution in [0.5, 0.6) is 11.5 Å². The van der Waals surface area contributed by atoms with Gasteiger partial charge in [0.25, 0.3) is 0 Å². The van der Waals surface area contributed by atoms with E-state index in [0.717, 1.165) is 28.2 Å². The van der Waals surface area contributed by atoms with E-state index in [1.807, 2.05) is 47.9 Å². The van der Waals surface area contributed by atoms with E-state index in [0.29, 0.717) is 22.3 Å². The SMILES string of the molecule is Cc1ccc(OCc2nc3ccccc3n2CC(O)COc2ccc(Cl)cc2Cl)c(C)c1. The lowest BCUT2D eigenvalue weighted by atomic mass is 10.1. The highest BCUT2D eigenvalue weighted by atomic mass is 35.5. The second kappa shape index (κ2) is 9.82. The Morgan fingerprint density at radius 1 is 0.969 bits per heavy atom. The molecule has 0 aliphatic rings. The molecule has 1 N–H and O–H groups in total. The molecule has 1 unspecified atom stereocenters. The van der Waals surface area contributed by atoms with Crippen molar-refractivity contribution in [3.63, 3.8) is 0 Å². The predicted molar refractivity (Wildman–Crippen MR) is 128 cm³/mol. The van der Waals surface area contributed by atoms with Gasteiger partial charge in [-0.05, 0) is 55.8 Å². The molecule has 1 aromatic heterocycles. The van der Waals surface area contributed by atoms with Crippen molar-refractivity contribution in [3.8, 4) is 11.5 Å². The molecular weight excluding hydrogens is 447 g/mol. The van der Waals surface area contributed by atoms with Crippen LogP contribution in [0, 0.1) is 13.8 Å². The van der Waals surface area contributed by atoms with Gasteiger partial charge in [0.1, 0.15) is 36.6 Å². The molecule has 1 heterocycles. The van der Waals surface area contributed by atoms with Gasteiger partial charge in [0.15, 0.2) is 0 Å². The highest BCUT2D eigenvalue weighted by Gasteiger charge is 2.16. The highest BCUT2D eigenvalue weighted by molar-refractivity contribution is 6.35. The van der Waals surface area contributed by atoms with Gasteiger partial charge in [-0.3, -0.25) is 0 Å². The van der Waals surface area contributed by atoms with Crippen molar-refractivity contribution < 1.29 is 14.6 Å². The zero-order valence-electron chi connectivity index (χ0n) is 17.9. The molecule has 7 heteroatoms. The quantitative estimate of drug-likeness (QED) is 0.344. The van der Waals surface area contributed by atoms with Gasteiger partial charge in [-0.15, -0.1) is 0 Å². The molecule has 166 valence electrons. The molecule has 1 atom stereocenters. The minimum Gasteiger partial charge on any atom is -0.489 e. The summed E-state index contributed by atoms with van der Waals surface area (Å²) in [5.41, 5.74) is 4.03. The van der Waals surface area contributed by atoms with Crippen LogP contribution in [0.2, 0.25) is 10.0 Å². The lowest BCUT2D eigenvalue weighted by molar-refractivity contribution is 0.0918. The van der Waals surface area contributed by atoms with Crippen molar-refractivity contribution in [3.05, 3.63) is 87.7 Å². The summed E-state index contributed by atoms with van der Waals surface area (Å²) in [6, 6.07) is 18.9. The molecule has 5 nitrogen and oxygen atoms in total. The van der Waals surface area contributed by atoms with E-state index in [-0.39, 0.29) is 13.2 Å². The number of benzene rings is 3. The summed E-state index contributed by atoms with van der Waals surface area (Å²) >= 11 is 12.1. The first-order chi connectivity index (χ1) is 15.4. The third-order valence-corrected chi connectivity index (χ3v) is 5.67. The second-order valence-electron chi connectivity index (χ2n) is 7.72. The molecule has 0 aliphatic carbocycles. The molecule has 4 aromatic rings. The smallest absolute Gasteiger partial charge is 0.148 e. The summed E-state index contributed by atoms with van der Waals surface area (Å²) in [6.07, 6.45) is -0.779. The Hall–Kier alpha value is -2.73. The molecule has 0 bridgehead atoms. The van der Waals surface area contributed by atoms with E-state index >= 15 is 0 Å². The van der Waals surface area contributed by atoms with E-state index in [2.05, 4.69) is 13.0 Å². The highest BCUT2D eigenvalue weighted by Crippen LogP contribution is 2.28. The summed E-state index contributed by atoms with van der Waals surface area (Å²) in [6.45, 7) is 4.74. The number of nitrogens with zero attached hydrogens (tertiary/aromatic N) is 2. The normalized spacial score (nSPS) is 12.2. The second-order valence-corrected chi connectivity index (χ2v) is 8.57. The standard InChI is InChI=1S/C25H24Cl2N2O3/c1-16-7-9-23(17(2)11-16)32-15-25-28-21-5-3-4-6-22(21)29(25)13-19(30)14-31-24-10-8-18(26)12-20(24)27/h3-12,19,30H,13-15H2,1-2H3. The molecule has 3 aromatic carbocycles. The van der Waals surface area contributed by atoms with Gasteiger partial charge in [0, 0.05) is 5.02 Å². The number of para-hydroxylation sites is 2. The number of rotatable bonds is 8. The van der Waals surface area contributed by atoms with E-state index in [4.69, 9.17) is 37.7 Å². The Bertz CT molecular complexity index is 1240. The van der Waals surface area contributed by atoms with Crippen molar-refractivity contribution in [1.29, 1.82) is 0 Å². The monoisotopic (exact) mass is 470 g/mol. The molecule has 4 rings (SSSR count). The topological polar surface area (TPSA) is 56.5 Å². The third kappa shape index (κ3) is 5.18. The molecule has 32 heavy (non-hydrogen) atoms. The van der Waals surface area contributed by atoms with Crippen LogP contribution in [0.1, 0.15) is 17.0 Å². The Morgan fingerprint density at radius 3 is 2.53 bits per heavy atom. The fourth-order valence-electron chi connectivity index (χ4n) is 3.58. The van der Waals surface area contributed by atoms with E-state index in [1.54, 1.807) is 18.2 Å². The number of ether oxygens (including phenoxy) is 2. The Balaban J connectivity index is 1.50. The van der Waals surface area contributed by atoms with Crippen molar-refractivity contribution in [2.24, 2.45) is 0 Å². The Morgan fingerprint density at radius 2 is 1.75 bits per heavy atom. The van der Waals surface area contributed by atoms with Crippen molar-refractivity contribution >= 4 is 34.2 Å². The van der Waals surface area contributed by atoms with Gasteiger partial charge < -0.3 is 19.1 Å². The van der Waals surface area contributed by atoms with Crippen LogP contribution >= 0.6 is 23.2 Å². The van der Waals surface area contributed by atoms with E-state index in [9.17, 15) is 5.11 Å². The minimum absolute atomic E-state index is 0.0746. The molecule has 0 spiro atoms. The summed E-state index contributed by atoms with van der Waals surface area (Å²) in [4.78, 5) is 4.72. The van der Waals surface area contributed by atoms with Gasteiger partial charge in [-0.25, -0.2) is 4.98 Å². The van der Waals surface area contributed by atoms with Crippen LogP contribution in [0.4, 0.5) is 0 Å². The fourth-order valence-corrected chi connectivity index (χ4v) is 4.05. The largest absolute Gasteiger partial charge is 0.489 e. The van der Waals surface area contributed by atoms with Crippen LogP contribution in [0.15, 0.2) is 60.7 Å². The molecule has 0 amide bonds. The minimum atomic E-state index is -0.779. The Kier molecular flexibility index (Phi) is 6.89. The van der Waals surface area contributed by atoms with Gasteiger partial charge in [-0.2, -0.15) is 0 Å². The molecule has 0 saturated carbocycles. The molecule has 0 aliphatic heterocycles. The third-order valence-electron chi connectivity index (χ3n) is 5.14. The first-order valence-corrected chi connectivity index (χ1v) is 11.1. The van der Waals surface area contributed by atoms with Crippen LogP contribution in [0.25, 0.3) is 11.0 Å². The van der Waals surface area contributed by atoms with Crippen LogP contribution in [-0.2, 0) is 13.2 Å². The maximum Gasteiger partial charge on any atom is 0.148 e. The first kappa shape index (κ1) is 22.5. The Labute approximate surface area is 197 Å². The van der Waals surface area contributed by atoms with Crippen LogP contribution < -0.4 is 9.47 Å². The van der Waals surface area contributed by atoms with E-state index in [1.165, 1.54) is 5.56 Å². The van der Waals surface area contributed by atoms with Crippen molar-refractivity contribution in [1.82, 2.24) is 9.55 Å². The van der Waals surface area contributed by atoms with Gasteiger partial charge in [-0.1, -0.05) is 53.0 Å². The average molecular weight is 471 g/mol. The fraction of sp³-hybridized carbons (Fsp3) is 0.240. The lowest BCUT2D eigenvalue weighted by Gasteiger charge is -2.17. The number of imidazole rings is 1. The van der Waals surface area contributed by atoms with Crippen LogP contribution in [-0.4, -0.2) is 27.4 Å². The predicted octanol–water partition coefficient (Wildman–Crippen LogP) is 5.98. The zero-order chi connectivity index (χ0) is 22.7. The lowest BCUT2D eigenvalue weighted by Crippen LogP contribution is -2.25.